The van der Waals surface area contributed by atoms with Gasteiger partial charge in [0, 0.05) is 37.9 Å². The second-order valence-electron chi connectivity index (χ2n) is 8.15. The average molecular weight is 635 g/mol. The molecule has 0 aliphatic carbocycles. The maximum Gasteiger partial charge on any atom is 0.307 e. The number of likely N-dealkylation sites (N-methyl/N-ethyl adjacent to an activating group) is 2. The van der Waals surface area contributed by atoms with Crippen LogP contribution in [0.1, 0.15) is 34.1 Å². The highest BCUT2D eigenvalue weighted by molar-refractivity contribution is 9.10. The van der Waals surface area contributed by atoms with E-state index in [0.29, 0.717) is 19.4 Å². The third-order valence-corrected chi connectivity index (χ3v) is 5.06. The summed E-state index contributed by atoms with van der Waals surface area (Å²) >= 11 is 6.63. The van der Waals surface area contributed by atoms with Gasteiger partial charge in [0.25, 0.3) is 0 Å². The number of carbonyl (C=O) groups is 2. The number of hydrogen-bond acceptors (Lipinski definition) is 5. The van der Waals surface area contributed by atoms with Crippen LogP contribution in [0.15, 0.2) is 57.5 Å². The zero-order valence-corrected chi connectivity index (χ0v) is 25.3. The number of carbonyl (C=O) groups excluding carboxylic acids is 1. The van der Waals surface area contributed by atoms with Crippen LogP contribution in [0.2, 0.25) is 0 Å². The van der Waals surface area contributed by atoms with E-state index >= 15 is 0 Å². The summed E-state index contributed by atoms with van der Waals surface area (Å²) < 4.78 is 15.0. The van der Waals surface area contributed by atoms with E-state index in [4.69, 9.17) is 13.6 Å². The van der Waals surface area contributed by atoms with Crippen molar-refractivity contribution in [1.82, 2.24) is 15.1 Å². The third kappa shape index (κ3) is 25.3. The molecule has 0 aliphatic heterocycles. The number of carboxylic acids is 1. The summed E-state index contributed by atoms with van der Waals surface area (Å²) in [4.78, 5) is 25.9. The lowest BCUT2D eigenvalue weighted by Crippen LogP contribution is -2.32. The van der Waals surface area contributed by atoms with Crippen molar-refractivity contribution < 1.29 is 17.4 Å². The van der Waals surface area contributed by atoms with Gasteiger partial charge in [0.15, 0.2) is 0 Å². The monoisotopic (exact) mass is 633 g/mol. The number of halogens is 2. The van der Waals surface area contributed by atoms with Crippen molar-refractivity contribution in [1.29, 1.82) is 0 Å². The minimum atomic E-state index is -0.799. The van der Waals surface area contributed by atoms with Gasteiger partial charge in [0.1, 0.15) is 0 Å². The molecule has 1 unspecified atom stereocenters. The van der Waals surface area contributed by atoms with Crippen LogP contribution in [0.25, 0.3) is 0 Å². The number of nitrogens with one attached hydrogen (secondary N) is 1. The fourth-order valence-corrected chi connectivity index (χ4v) is 2.83. The van der Waals surface area contributed by atoms with Crippen molar-refractivity contribution in [3.63, 3.8) is 0 Å². The van der Waals surface area contributed by atoms with E-state index in [0.717, 1.165) is 39.7 Å². The maximum absolute atomic E-state index is 11.5. The molecular weight excluding hydrogens is 588 g/mol. The molecule has 0 fully saturated rings. The predicted octanol–water partition coefficient (Wildman–Crippen LogP) is 4.67. The van der Waals surface area contributed by atoms with Gasteiger partial charge in [-0.2, -0.15) is 0 Å². The lowest BCUT2D eigenvalue weighted by atomic mass is 10.1. The molecule has 0 aliphatic rings. The molecule has 2 rings (SSSR count). The molecule has 2 aromatic rings. The van der Waals surface area contributed by atoms with E-state index in [9.17, 15) is 9.59 Å². The van der Waals surface area contributed by atoms with E-state index < -0.39 is 12.8 Å². The van der Waals surface area contributed by atoms with Gasteiger partial charge in [-0.05, 0) is 63.6 Å². The molecule has 1 atom stereocenters. The smallest absolute Gasteiger partial charge is 0.307 e. The van der Waals surface area contributed by atoms with Crippen LogP contribution in [0, 0.1) is 0 Å². The topological polar surface area (TPSA) is 98.9 Å². The normalized spacial score (nSPS) is 11.4. The van der Waals surface area contributed by atoms with Gasteiger partial charge in [-0.25, -0.2) is 0 Å². The van der Waals surface area contributed by atoms with E-state index in [-0.39, 0.29) is 12.3 Å². The summed E-state index contributed by atoms with van der Waals surface area (Å²) in [6.45, 7) is 4.52. The van der Waals surface area contributed by atoms with Gasteiger partial charge in [-0.15, -0.1) is 0 Å². The number of aliphatic carboxylic acids is 1. The molecule has 36 heavy (non-hydrogen) atoms. The number of nitrogens with two attached hydrogens (primary N) is 1. The lowest BCUT2D eigenvalue weighted by Gasteiger charge is -2.10. The number of benzene rings is 2. The summed E-state index contributed by atoms with van der Waals surface area (Å²) in [6.07, 6.45) is 1.17. The Hall–Kier alpha value is -1.78. The summed E-state index contributed by atoms with van der Waals surface area (Å²) in [5.74, 6) is -0.725. The highest BCUT2D eigenvalue weighted by Crippen LogP contribution is 2.11. The minimum absolute atomic E-state index is 0.0733. The first-order valence-corrected chi connectivity index (χ1v) is 13.2. The molecular formula is C27H44Br2N4O3. The van der Waals surface area contributed by atoms with Gasteiger partial charge < -0.3 is 26.0 Å². The fraction of sp³-hybridized carbons (Fsp3) is 0.481. The minimum Gasteiger partial charge on any atom is -0.481 e. The molecule has 0 saturated heterocycles. The van der Waals surface area contributed by atoms with Crippen molar-refractivity contribution in [2.45, 2.75) is 33.1 Å². The Morgan fingerprint density at radius 3 is 1.67 bits per heavy atom. The Balaban J connectivity index is 0. The second-order valence-corrected chi connectivity index (χ2v) is 9.99. The van der Waals surface area contributed by atoms with E-state index in [1.54, 1.807) is 12.1 Å². The van der Waals surface area contributed by atoms with Crippen LogP contribution in [0.5, 0.6) is 0 Å². The molecule has 7 nitrogen and oxygen atoms in total. The molecule has 0 spiro atoms. The standard InChI is InChI=1S/C12H17BrN2O.C8H7BrO2.C4H12N2.C3H8/c1-15(2)8-7-14-12(16)9-10-3-5-11(13)6-4-10;9-7-3-1-6(2-4-7)5-8(10)11;1-6(2)4-3-5;1-3-2/h3-6H,7-9H2,1-2H3,(H,14,16);1-4H,5H2,(H,10,11);3-5H2,1-2H3;3H2,1-2H3/i;;;1TD. The number of rotatable bonds is 9. The summed E-state index contributed by atoms with van der Waals surface area (Å²) in [5.41, 5.74) is 7.04. The molecule has 9 heteroatoms. The molecule has 0 heterocycles. The van der Waals surface area contributed by atoms with Crippen LogP contribution < -0.4 is 11.1 Å². The summed E-state index contributed by atoms with van der Waals surface area (Å²) in [6, 6.07) is 15.0. The van der Waals surface area contributed by atoms with Crippen molar-refractivity contribution in [2.24, 2.45) is 5.73 Å². The Bertz CT molecular complexity index is 870. The summed E-state index contributed by atoms with van der Waals surface area (Å²) in [5, 5.41) is 11.3. The molecule has 0 bridgehead atoms. The zero-order chi connectivity index (χ0) is 29.5. The molecule has 2 aromatic carbocycles. The van der Waals surface area contributed by atoms with Gasteiger partial charge in [0.05, 0.1) is 12.8 Å². The van der Waals surface area contributed by atoms with E-state index in [1.165, 1.54) is 0 Å². The lowest BCUT2D eigenvalue weighted by molar-refractivity contribution is -0.136. The Morgan fingerprint density at radius 1 is 0.944 bits per heavy atom. The van der Waals surface area contributed by atoms with Crippen LogP contribution in [-0.2, 0) is 22.4 Å². The molecule has 0 aromatic heterocycles. The number of nitrogens with zero attached hydrogens (tertiary/aromatic N) is 2. The highest BCUT2D eigenvalue weighted by atomic mass is 79.9. The number of amides is 1. The predicted molar refractivity (Wildman–Crippen MR) is 158 cm³/mol. The zero-order valence-electron chi connectivity index (χ0n) is 24.1. The SMILES string of the molecule is CN(C)CCN.CN(C)CCNC(=O)Cc1ccc(Br)cc1.O=C(O)Cc1ccc(Br)cc1.[2H]C([3H])CC. The van der Waals surface area contributed by atoms with Crippen molar-refractivity contribution in [2.75, 3.05) is 54.4 Å². The largest absolute Gasteiger partial charge is 0.481 e. The first-order chi connectivity index (χ1) is 17.8. The second kappa shape index (κ2) is 23.6. The van der Waals surface area contributed by atoms with Crippen molar-refractivity contribution in [3.8, 4) is 0 Å². The first kappa shape index (κ1) is 32.2. The molecule has 204 valence electrons. The van der Waals surface area contributed by atoms with Gasteiger partial charge in [0.2, 0.25) is 5.91 Å². The van der Waals surface area contributed by atoms with Crippen LogP contribution in [-0.4, -0.2) is 81.2 Å². The Morgan fingerprint density at radius 2 is 1.36 bits per heavy atom. The van der Waals surface area contributed by atoms with Gasteiger partial charge in [-0.1, -0.05) is 76.3 Å². The molecule has 0 saturated carbocycles. The highest BCUT2D eigenvalue weighted by Gasteiger charge is 2.02. The third-order valence-electron chi connectivity index (χ3n) is 4.00. The van der Waals surface area contributed by atoms with Crippen LogP contribution >= 0.6 is 31.9 Å². The first-order valence-electron chi connectivity index (χ1n) is 12.8. The molecule has 0 radical (unpaired) electrons. The van der Waals surface area contributed by atoms with E-state index in [2.05, 4.69) is 42.1 Å². The summed E-state index contributed by atoms with van der Waals surface area (Å²) in [7, 11) is 7.99. The number of carboxylic acid groups (broad SMARTS) is 1. The van der Waals surface area contributed by atoms with Crippen molar-refractivity contribution >= 4 is 43.7 Å². The molecule has 4 N–H and O–H groups in total. The average Bonchev–Trinajstić information content (AvgIpc) is 2.82. The quantitative estimate of drug-likeness (QED) is 0.371. The van der Waals surface area contributed by atoms with Gasteiger partial charge >= 0.3 is 5.97 Å². The van der Waals surface area contributed by atoms with E-state index in [1.807, 2.05) is 76.4 Å². The van der Waals surface area contributed by atoms with Crippen LogP contribution in [0.4, 0.5) is 0 Å². The Kier molecular flexibility index (Phi) is 21.1. The van der Waals surface area contributed by atoms with Crippen molar-refractivity contribution in [3.05, 3.63) is 68.6 Å². The molecule has 1 amide bonds. The number of hydrogen-bond donors (Lipinski definition) is 3. The Labute approximate surface area is 237 Å². The fourth-order valence-electron chi connectivity index (χ4n) is 2.30. The van der Waals surface area contributed by atoms with Crippen LogP contribution in [0.3, 0.4) is 0 Å². The van der Waals surface area contributed by atoms with Gasteiger partial charge in [-0.3, -0.25) is 9.59 Å². The maximum atomic E-state index is 11.5.